The van der Waals surface area contributed by atoms with Crippen LogP contribution in [0.2, 0.25) is 0 Å². The molecule has 29 heavy (non-hydrogen) atoms. The molecule has 0 amide bonds. The summed E-state index contributed by atoms with van der Waals surface area (Å²) < 4.78 is 11.8. The molecule has 0 rings (SSSR count). The smallest absolute Gasteiger partial charge is 0.317 e. The monoisotopic (exact) mass is 412 g/mol. The van der Waals surface area contributed by atoms with Crippen molar-refractivity contribution in [2.75, 3.05) is 0 Å². The maximum atomic E-state index is 12.6. The first-order valence-electron chi connectivity index (χ1n) is 11.6. The molecule has 0 aliphatic rings. The lowest BCUT2D eigenvalue weighted by molar-refractivity contribution is -0.183. The lowest BCUT2D eigenvalue weighted by Crippen LogP contribution is -2.46. The van der Waals surface area contributed by atoms with Gasteiger partial charge >= 0.3 is 11.9 Å². The van der Waals surface area contributed by atoms with Gasteiger partial charge in [0.2, 0.25) is 0 Å². The maximum absolute atomic E-state index is 12.6. The van der Waals surface area contributed by atoms with E-state index in [9.17, 15) is 9.59 Å². The second kappa shape index (κ2) is 11.4. The lowest BCUT2D eigenvalue weighted by Gasteiger charge is -2.42. The molecule has 0 bridgehead atoms. The number of esters is 2. The van der Waals surface area contributed by atoms with Crippen molar-refractivity contribution < 1.29 is 19.1 Å². The molecule has 0 aromatic carbocycles. The van der Waals surface area contributed by atoms with Gasteiger partial charge in [0.25, 0.3) is 0 Å². The Kier molecular flexibility index (Phi) is 10.9. The molecule has 0 aromatic heterocycles. The Hall–Kier alpha value is -1.06. The predicted octanol–water partition coefficient (Wildman–Crippen LogP) is 7.23. The summed E-state index contributed by atoms with van der Waals surface area (Å²) in [6, 6.07) is 0. The van der Waals surface area contributed by atoms with Gasteiger partial charge in [0, 0.05) is 10.8 Å². The van der Waals surface area contributed by atoms with Crippen LogP contribution in [-0.4, -0.2) is 23.1 Å². The first-order valence-corrected chi connectivity index (χ1v) is 11.6. The number of hydrogen-bond donors (Lipinski definition) is 0. The molecular formula is C25H48O4. The van der Waals surface area contributed by atoms with E-state index in [4.69, 9.17) is 9.47 Å². The van der Waals surface area contributed by atoms with Gasteiger partial charge in [-0.05, 0) is 39.5 Å². The molecule has 172 valence electrons. The molecular weight excluding hydrogens is 364 g/mol. The molecule has 0 N–H and O–H groups in total. The number of ether oxygens (including phenoxy) is 2. The molecule has 0 saturated carbocycles. The number of carbonyl (C=O) groups is 2. The van der Waals surface area contributed by atoms with Crippen LogP contribution in [-0.2, 0) is 19.1 Å². The summed E-state index contributed by atoms with van der Waals surface area (Å²) in [4.78, 5) is 25.2. The first-order chi connectivity index (χ1) is 13.1. The van der Waals surface area contributed by atoms with Crippen LogP contribution >= 0.6 is 0 Å². The van der Waals surface area contributed by atoms with Gasteiger partial charge in [0.15, 0.2) is 0 Å². The van der Waals surface area contributed by atoms with Gasteiger partial charge in [-0.2, -0.15) is 0 Å². The van der Waals surface area contributed by atoms with E-state index in [1.54, 1.807) is 0 Å². The van der Waals surface area contributed by atoms with E-state index < -0.39 is 23.1 Å². The number of rotatable bonds is 12. The molecule has 0 radical (unpaired) electrons. The minimum absolute atomic E-state index is 0.208. The highest BCUT2D eigenvalue weighted by atomic mass is 16.6. The molecule has 2 atom stereocenters. The van der Waals surface area contributed by atoms with E-state index >= 15 is 0 Å². The van der Waals surface area contributed by atoms with Crippen molar-refractivity contribution >= 4 is 11.9 Å². The van der Waals surface area contributed by atoms with Crippen molar-refractivity contribution in [1.29, 1.82) is 0 Å². The molecule has 4 nitrogen and oxygen atoms in total. The zero-order valence-electron chi connectivity index (χ0n) is 21.0. The SMILES string of the molecule is CCCCCC(C)(OC(=O)CC(=O)OC(C)(CCCCC)C(C)(C)C)C(C)(C)C. The van der Waals surface area contributed by atoms with Crippen LogP contribution in [0.3, 0.4) is 0 Å². The van der Waals surface area contributed by atoms with Gasteiger partial charge in [-0.15, -0.1) is 0 Å². The normalized spacial score (nSPS) is 16.6. The van der Waals surface area contributed by atoms with Crippen LogP contribution in [0.15, 0.2) is 0 Å². The quantitative estimate of drug-likeness (QED) is 0.193. The van der Waals surface area contributed by atoms with Crippen molar-refractivity contribution in [3.05, 3.63) is 0 Å². The van der Waals surface area contributed by atoms with E-state index in [0.717, 1.165) is 51.4 Å². The van der Waals surface area contributed by atoms with E-state index in [1.807, 2.05) is 13.8 Å². The highest BCUT2D eigenvalue weighted by Crippen LogP contribution is 2.40. The Bertz CT molecular complexity index is 466. The Morgan fingerprint density at radius 1 is 0.586 bits per heavy atom. The average molecular weight is 413 g/mol. The fourth-order valence-electron chi connectivity index (χ4n) is 3.28. The van der Waals surface area contributed by atoms with E-state index in [2.05, 4.69) is 55.4 Å². The summed E-state index contributed by atoms with van der Waals surface area (Å²) >= 11 is 0. The second-order valence-electron chi connectivity index (χ2n) is 11.0. The highest BCUT2D eigenvalue weighted by molar-refractivity contribution is 5.91. The second-order valence-corrected chi connectivity index (χ2v) is 11.0. The highest BCUT2D eigenvalue weighted by Gasteiger charge is 2.43. The molecule has 0 spiro atoms. The maximum Gasteiger partial charge on any atom is 0.317 e. The van der Waals surface area contributed by atoms with Crippen LogP contribution in [0.5, 0.6) is 0 Å². The van der Waals surface area contributed by atoms with Gasteiger partial charge < -0.3 is 9.47 Å². The molecule has 2 unspecified atom stereocenters. The molecule has 0 saturated heterocycles. The van der Waals surface area contributed by atoms with Crippen LogP contribution in [0.4, 0.5) is 0 Å². The fraction of sp³-hybridized carbons (Fsp3) is 0.920. The van der Waals surface area contributed by atoms with E-state index in [1.165, 1.54) is 0 Å². The molecule has 0 heterocycles. The largest absolute Gasteiger partial charge is 0.458 e. The van der Waals surface area contributed by atoms with Crippen molar-refractivity contribution in [3.63, 3.8) is 0 Å². The topological polar surface area (TPSA) is 52.6 Å². The summed E-state index contributed by atoms with van der Waals surface area (Å²) in [5.41, 5.74) is -1.62. The number of unbranched alkanes of at least 4 members (excludes halogenated alkanes) is 4. The standard InChI is InChI=1S/C25H48O4/c1-11-13-15-17-24(9,22(3,4)5)28-20(26)19-21(27)29-25(10,23(6,7)8)18-16-14-12-2/h11-19H2,1-10H3. The molecule has 0 fully saturated rings. The van der Waals surface area contributed by atoms with Crippen LogP contribution in [0.1, 0.15) is 127 Å². The first kappa shape index (κ1) is 27.9. The molecule has 0 aliphatic heterocycles. The van der Waals surface area contributed by atoms with Crippen molar-refractivity contribution in [1.82, 2.24) is 0 Å². The van der Waals surface area contributed by atoms with Crippen molar-refractivity contribution in [3.8, 4) is 0 Å². The van der Waals surface area contributed by atoms with Gasteiger partial charge in [-0.1, -0.05) is 81.1 Å². The summed E-state index contributed by atoms with van der Waals surface area (Å²) in [6.07, 6.45) is 7.69. The third-order valence-electron chi connectivity index (χ3n) is 6.65. The minimum atomic E-state index is -0.603. The number of hydrogen-bond acceptors (Lipinski definition) is 4. The van der Waals surface area contributed by atoms with Gasteiger partial charge in [0.1, 0.15) is 17.6 Å². The van der Waals surface area contributed by atoms with Crippen molar-refractivity contribution in [2.24, 2.45) is 10.8 Å². The zero-order valence-corrected chi connectivity index (χ0v) is 21.0. The van der Waals surface area contributed by atoms with Gasteiger partial charge in [-0.3, -0.25) is 9.59 Å². The Morgan fingerprint density at radius 3 is 1.14 bits per heavy atom. The summed E-state index contributed by atoms with van der Waals surface area (Å²) in [7, 11) is 0. The predicted molar refractivity (Wildman–Crippen MR) is 121 cm³/mol. The third kappa shape index (κ3) is 9.09. The fourth-order valence-corrected chi connectivity index (χ4v) is 3.28. The van der Waals surface area contributed by atoms with Crippen molar-refractivity contribution in [2.45, 2.75) is 138 Å². The zero-order chi connectivity index (χ0) is 22.9. The molecule has 4 heteroatoms. The Morgan fingerprint density at radius 2 is 0.897 bits per heavy atom. The van der Waals surface area contributed by atoms with Crippen LogP contribution in [0.25, 0.3) is 0 Å². The Balaban J connectivity index is 5.09. The summed E-state index contributed by atoms with van der Waals surface area (Å²) in [5.74, 6) is -0.984. The Labute approximate surface area is 180 Å². The van der Waals surface area contributed by atoms with E-state index in [0.29, 0.717) is 0 Å². The lowest BCUT2D eigenvalue weighted by atomic mass is 9.74. The molecule has 0 aliphatic carbocycles. The minimum Gasteiger partial charge on any atom is -0.458 e. The average Bonchev–Trinajstić information content (AvgIpc) is 2.52. The van der Waals surface area contributed by atoms with Gasteiger partial charge in [-0.25, -0.2) is 0 Å². The summed E-state index contributed by atoms with van der Waals surface area (Å²) in [5, 5.41) is 0. The molecule has 0 aromatic rings. The van der Waals surface area contributed by atoms with E-state index in [-0.39, 0.29) is 17.3 Å². The van der Waals surface area contributed by atoms with Crippen LogP contribution in [0, 0.1) is 10.8 Å². The van der Waals surface area contributed by atoms with Gasteiger partial charge in [0.05, 0.1) is 0 Å². The summed E-state index contributed by atoms with van der Waals surface area (Å²) in [6.45, 7) is 20.7. The number of carbonyl (C=O) groups excluding carboxylic acids is 2. The third-order valence-corrected chi connectivity index (χ3v) is 6.65. The van der Waals surface area contributed by atoms with Crippen LogP contribution < -0.4 is 0 Å².